The van der Waals surface area contributed by atoms with Crippen molar-refractivity contribution in [2.45, 2.75) is 58.6 Å². The second-order valence-electron chi connectivity index (χ2n) is 4.99. The highest BCUT2D eigenvalue weighted by atomic mass is 19.1. The quantitative estimate of drug-likeness (QED) is 0.730. The number of benzene rings is 1. The van der Waals surface area contributed by atoms with E-state index < -0.39 is 11.6 Å². The van der Waals surface area contributed by atoms with Gasteiger partial charge < -0.3 is 10.1 Å². The van der Waals surface area contributed by atoms with Crippen LogP contribution in [0.5, 0.6) is 5.75 Å². The molecule has 0 fully saturated rings. The van der Waals surface area contributed by atoms with Crippen LogP contribution in [-0.4, -0.2) is 18.7 Å². The van der Waals surface area contributed by atoms with E-state index in [1.54, 1.807) is 0 Å². The number of nitrogens with one attached hydrogen (secondary N) is 1. The summed E-state index contributed by atoms with van der Waals surface area (Å²) in [6, 6.07) is 3.47. The summed E-state index contributed by atoms with van der Waals surface area (Å²) in [4.78, 5) is 0. The SMILES string of the molecule is CCCNC(CCC)C(CC)Oc1cc(F)ccc1F. The van der Waals surface area contributed by atoms with Crippen molar-refractivity contribution in [3.63, 3.8) is 0 Å². The maximum atomic E-state index is 13.7. The zero-order valence-electron chi connectivity index (χ0n) is 12.6. The van der Waals surface area contributed by atoms with Crippen molar-refractivity contribution in [1.29, 1.82) is 0 Å². The van der Waals surface area contributed by atoms with Crippen LogP contribution >= 0.6 is 0 Å². The molecule has 0 saturated heterocycles. The van der Waals surface area contributed by atoms with Gasteiger partial charge in [0, 0.05) is 12.1 Å². The highest BCUT2D eigenvalue weighted by Crippen LogP contribution is 2.22. The summed E-state index contributed by atoms with van der Waals surface area (Å²) >= 11 is 0. The Bertz CT molecular complexity index is 398. The molecule has 0 spiro atoms. The van der Waals surface area contributed by atoms with Gasteiger partial charge in [-0.2, -0.15) is 0 Å². The van der Waals surface area contributed by atoms with Crippen LogP contribution in [0.4, 0.5) is 8.78 Å². The molecule has 1 aromatic carbocycles. The molecular formula is C16H25F2NO. The van der Waals surface area contributed by atoms with E-state index >= 15 is 0 Å². The van der Waals surface area contributed by atoms with Gasteiger partial charge in [0.15, 0.2) is 11.6 Å². The molecule has 0 heterocycles. The molecule has 20 heavy (non-hydrogen) atoms. The first-order valence-electron chi connectivity index (χ1n) is 7.47. The molecule has 4 heteroatoms. The van der Waals surface area contributed by atoms with E-state index in [2.05, 4.69) is 19.2 Å². The standard InChI is InChI=1S/C16H25F2NO/c1-4-7-14(19-10-5-2)15(6-3)20-16-11-12(17)8-9-13(16)18/h8-9,11,14-15,19H,4-7,10H2,1-3H3. The lowest BCUT2D eigenvalue weighted by molar-refractivity contribution is 0.136. The van der Waals surface area contributed by atoms with Gasteiger partial charge in [0.1, 0.15) is 11.9 Å². The molecular weight excluding hydrogens is 260 g/mol. The summed E-state index contributed by atoms with van der Waals surface area (Å²) < 4.78 is 32.6. The zero-order chi connectivity index (χ0) is 15.0. The molecule has 0 amide bonds. The number of ether oxygens (including phenoxy) is 1. The van der Waals surface area contributed by atoms with Gasteiger partial charge in [0.05, 0.1) is 0 Å². The fraction of sp³-hybridized carbons (Fsp3) is 0.625. The lowest BCUT2D eigenvalue weighted by atomic mass is 10.0. The second-order valence-corrected chi connectivity index (χ2v) is 4.99. The fourth-order valence-corrected chi connectivity index (χ4v) is 2.24. The minimum atomic E-state index is -0.518. The Morgan fingerprint density at radius 3 is 2.50 bits per heavy atom. The van der Waals surface area contributed by atoms with Gasteiger partial charge in [-0.3, -0.25) is 0 Å². The predicted molar refractivity (Wildman–Crippen MR) is 78.1 cm³/mol. The molecule has 2 nitrogen and oxygen atoms in total. The van der Waals surface area contributed by atoms with Gasteiger partial charge in [0.25, 0.3) is 0 Å². The average molecular weight is 285 g/mol. The number of hydrogen-bond donors (Lipinski definition) is 1. The minimum Gasteiger partial charge on any atom is -0.486 e. The molecule has 2 unspecified atom stereocenters. The third kappa shape index (κ3) is 5.08. The minimum absolute atomic E-state index is 0.00347. The van der Waals surface area contributed by atoms with E-state index in [9.17, 15) is 8.78 Å². The highest BCUT2D eigenvalue weighted by molar-refractivity contribution is 5.25. The molecule has 0 aliphatic carbocycles. The van der Waals surface area contributed by atoms with E-state index in [0.717, 1.165) is 50.4 Å². The molecule has 2 atom stereocenters. The van der Waals surface area contributed by atoms with Crippen LogP contribution in [0.2, 0.25) is 0 Å². The van der Waals surface area contributed by atoms with Crippen LogP contribution in [0.15, 0.2) is 18.2 Å². The maximum Gasteiger partial charge on any atom is 0.165 e. The molecule has 0 aliphatic rings. The first-order valence-corrected chi connectivity index (χ1v) is 7.47. The summed E-state index contributed by atoms with van der Waals surface area (Å²) in [5, 5.41) is 3.43. The Balaban J connectivity index is 2.79. The van der Waals surface area contributed by atoms with Crippen molar-refractivity contribution in [3.8, 4) is 5.75 Å². The van der Waals surface area contributed by atoms with Gasteiger partial charge in [0.2, 0.25) is 0 Å². The normalized spacial score (nSPS) is 14.1. The van der Waals surface area contributed by atoms with Crippen LogP contribution in [0, 0.1) is 11.6 Å². The Labute approximate surface area is 120 Å². The van der Waals surface area contributed by atoms with Crippen LogP contribution < -0.4 is 10.1 Å². The summed E-state index contributed by atoms with van der Waals surface area (Å²) in [5.41, 5.74) is 0. The molecule has 0 bridgehead atoms. The first-order chi connectivity index (χ1) is 9.62. The van der Waals surface area contributed by atoms with Crippen molar-refractivity contribution < 1.29 is 13.5 Å². The Hall–Kier alpha value is -1.16. The third-order valence-electron chi connectivity index (χ3n) is 3.28. The van der Waals surface area contributed by atoms with Crippen molar-refractivity contribution in [1.82, 2.24) is 5.32 Å². The van der Waals surface area contributed by atoms with Gasteiger partial charge in [-0.25, -0.2) is 8.78 Å². The largest absolute Gasteiger partial charge is 0.486 e. The van der Waals surface area contributed by atoms with Gasteiger partial charge in [-0.05, 0) is 37.9 Å². The zero-order valence-corrected chi connectivity index (χ0v) is 12.6. The van der Waals surface area contributed by atoms with Gasteiger partial charge in [-0.15, -0.1) is 0 Å². The lowest BCUT2D eigenvalue weighted by Gasteiger charge is -2.28. The summed E-state index contributed by atoms with van der Waals surface area (Å²) in [5.74, 6) is -1.00. The average Bonchev–Trinajstić information content (AvgIpc) is 2.44. The van der Waals surface area contributed by atoms with Gasteiger partial charge >= 0.3 is 0 Å². The Kier molecular flexibility index (Phi) is 7.52. The Morgan fingerprint density at radius 2 is 1.90 bits per heavy atom. The molecule has 0 radical (unpaired) electrons. The second kappa shape index (κ2) is 8.90. The smallest absolute Gasteiger partial charge is 0.165 e. The topological polar surface area (TPSA) is 21.3 Å². The van der Waals surface area contributed by atoms with Crippen LogP contribution in [0.1, 0.15) is 46.5 Å². The fourth-order valence-electron chi connectivity index (χ4n) is 2.24. The molecule has 1 aromatic rings. The lowest BCUT2D eigenvalue weighted by Crippen LogP contribution is -2.43. The summed E-state index contributed by atoms with van der Waals surface area (Å²) in [6.45, 7) is 7.11. The van der Waals surface area contributed by atoms with Crippen LogP contribution in [0.3, 0.4) is 0 Å². The van der Waals surface area contributed by atoms with E-state index in [1.807, 2.05) is 6.92 Å². The van der Waals surface area contributed by atoms with E-state index in [-0.39, 0.29) is 17.9 Å². The van der Waals surface area contributed by atoms with Crippen molar-refractivity contribution in [2.75, 3.05) is 6.54 Å². The summed E-state index contributed by atoms with van der Waals surface area (Å²) in [6.07, 6.45) is 3.60. The van der Waals surface area contributed by atoms with E-state index in [1.165, 1.54) is 0 Å². The number of hydrogen-bond acceptors (Lipinski definition) is 2. The molecule has 114 valence electrons. The maximum absolute atomic E-state index is 13.7. The van der Waals surface area contributed by atoms with Crippen molar-refractivity contribution in [2.24, 2.45) is 0 Å². The van der Waals surface area contributed by atoms with E-state index in [0.29, 0.717) is 0 Å². The number of rotatable bonds is 9. The van der Waals surface area contributed by atoms with E-state index in [4.69, 9.17) is 4.74 Å². The molecule has 0 aromatic heterocycles. The Morgan fingerprint density at radius 1 is 1.15 bits per heavy atom. The molecule has 0 saturated carbocycles. The predicted octanol–water partition coefficient (Wildman–Crippen LogP) is 4.29. The van der Waals surface area contributed by atoms with Gasteiger partial charge in [-0.1, -0.05) is 27.2 Å². The van der Waals surface area contributed by atoms with Crippen molar-refractivity contribution >= 4 is 0 Å². The molecule has 0 aliphatic heterocycles. The summed E-state index contributed by atoms with van der Waals surface area (Å²) in [7, 11) is 0. The highest BCUT2D eigenvalue weighted by Gasteiger charge is 2.21. The van der Waals surface area contributed by atoms with Crippen LogP contribution in [0.25, 0.3) is 0 Å². The molecule has 1 N–H and O–H groups in total. The number of halogens is 2. The van der Waals surface area contributed by atoms with Crippen LogP contribution in [-0.2, 0) is 0 Å². The monoisotopic (exact) mass is 285 g/mol. The first kappa shape index (κ1) is 16.9. The van der Waals surface area contributed by atoms with Crippen molar-refractivity contribution in [3.05, 3.63) is 29.8 Å². The third-order valence-corrected chi connectivity index (χ3v) is 3.28. The molecule has 1 rings (SSSR count).